The second-order valence-corrected chi connectivity index (χ2v) is 7.91. The summed E-state index contributed by atoms with van der Waals surface area (Å²) in [5, 5.41) is 3.91. The molecular weight excluding hydrogens is 406 g/mol. The fourth-order valence-electron chi connectivity index (χ4n) is 3.03. The maximum atomic E-state index is 12.9. The third-order valence-corrected chi connectivity index (χ3v) is 5.83. The molecule has 5 nitrogen and oxygen atoms in total. The number of benzene rings is 2. The highest BCUT2D eigenvalue weighted by molar-refractivity contribution is 7.21. The molecule has 2 aromatic heterocycles. The van der Waals surface area contributed by atoms with Crippen molar-refractivity contribution in [3.63, 3.8) is 0 Å². The number of nitrogens with zero attached hydrogens (tertiary/aromatic N) is 1. The Labute approximate surface area is 176 Å². The summed E-state index contributed by atoms with van der Waals surface area (Å²) in [7, 11) is 0. The predicted octanol–water partition coefficient (Wildman–Crippen LogP) is 5.32. The second kappa shape index (κ2) is 7.66. The standard InChI is InChI=1S/C22H16ClN3O2S/c1-12-16(19(27)13-6-3-2-4-7-13)11-17-18(24)20(29-22(17)25-12)21(28)26-15-9-5-8-14(23)10-15/h2-11H,24H2,1H3,(H,26,28). The van der Waals surface area contributed by atoms with Crippen molar-refractivity contribution in [1.29, 1.82) is 0 Å². The Balaban J connectivity index is 1.72. The van der Waals surface area contributed by atoms with Crippen molar-refractivity contribution in [2.75, 3.05) is 11.1 Å². The highest BCUT2D eigenvalue weighted by Crippen LogP contribution is 2.34. The number of carbonyl (C=O) groups excluding carboxylic acids is 2. The third-order valence-electron chi connectivity index (χ3n) is 4.48. The fourth-order valence-corrected chi connectivity index (χ4v) is 4.23. The number of carbonyl (C=O) groups is 2. The van der Waals surface area contributed by atoms with Crippen molar-refractivity contribution < 1.29 is 9.59 Å². The highest BCUT2D eigenvalue weighted by Gasteiger charge is 2.21. The molecule has 0 saturated carbocycles. The lowest BCUT2D eigenvalue weighted by Crippen LogP contribution is -2.11. The molecule has 0 bridgehead atoms. The van der Waals surface area contributed by atoms with Crippen molar-refractivity contribution in [2.45, 2.75) is 6.92 Å². The van der Waals surface area contributed by atoms with Crippen LogP contribution in [0.25, 0.3) is 10.2 Å². The van der Waals surface area contributed by atoms with Crippen LogP contribution in [0.5, 0.6) is 0 Å². The summed E-state index contributed by atoms with van der Waals surface area (Å²) in [6, 6.07) is 17.6. The van der Waals surface area contributed by atoms with Crippen LogP contribution in [-0.2, 0) is 0 Å². The summed E-state index contributed by atoms with van der Waals surface area (Å²) in [5.41, 5.74) is 8.76. The van der Waals surface area contributed by atoms with Crippen molar-refractivity contribution in [3.8, 4) is 0 Å². The number of nitrogens with two attached hydrogens (primary N) is 1. The van der Waals surface area contributed by atoms with E-state index >= 15 is 0 Å². The maximum Gasteiger partial charge on any atom is 0.267 e. The number of aryl methyl sites for hydroxylation is 1. The summed E-state index contributed by atoms with van der Waals surface area (Å²) in [5.74, 6) is -0.477. The van der Waals surface area contributed by atoms with Crippen LogP contribution in [0.15, 0.2) is 60.7 Å². The molecule has 3 N–H and O–H groups in total. The number of nitrogen functional groups attached to an aromatic ring is 1. The summed E-state index contributed by atoms with van der Waals surface area (Å²) < 4.78 is 0. The molecule has 0 atom stereocenters. The minimum absolute atomic E-state index is 0.131. The Morgan fingerprint density at radius 2 is 1.83 bits per heavy atom. The van der Waals surface area contributed by atoms with Crippen LogP contribution >= 0.6 is 22.9 Å². The molecular formula is C22H16ClN3O2S. The van der Waals surface area contributed by atoms with Gasteiger partial charge in [-0.3, -0.25) is 9.59 Å². The van der Waals surface area contributed by atoms with Crippen molar-refractivity contribution in [3.05, 3.63) is 87.4 Å². The first kappa shape index (κ1) is 19.1. The first-order valence-corrected chi connectivity index (χ1v) is 10.00. The van der Waals surface area contributed by atoms with Gasteiger partial charge in [-0.05, 0) is 31.2 Å². The zero-order valence-corrected chi connectivity index (χ0v) is 17.0. The molecule has 29 heavy (non-hydrogen) atoms. The smallest absolute Gasteiger partial charge is 0.267 e. The first-order valence-electron chi connectivity index (χ1n) is 8.80. The molecule has 0 aliphatic heterocycles. The molecule has 4 rings (SSSR count). The zero-order valence-electron chi connectivity index (χ0n) is 15.4. The normalized spacial score (nSPS) is 10.8. The van der Waals surface area contributed by atoms with Gasteiger partial charge in [-0.25, -0.2) is 4.98 Å². The van der Waals surface area contributed by atoms with Gasteiger partial charge in [0.25, 0.3) is 5.91 Å². The molecule has 0 aliphatic rings. The molecule has 2 heterocycles. The number of aromatic nitrogens is 1. The van der Waals surface area contributed by atoms with Crippen molar-refractivity contribution in [2.24, 2.45) is 0 Å². The van der Waals surface area contributed by atoms with Crippen LogP contribution in [0.3, 0.4) is 0 Å². The lowest BCUT2D eigenvalue weighted by molar-refractivity contribution is 0.102. The van der Waals surface area contributed by atoms with Crippen LogP contribution in [0.4, 0.5) is 11.4 Å². The number of hydrogen-bond donors (Lipinski definition) is 2. The van der Waals surface area contributed by atoms with E-state index in [9.17, 15) is 9.59 Å². The number of thiophene rings is 1. The molecule has 7 heteroatoms. The van der Waals surface area contributed by atoms with Gasteiger partial charge in [0.2, 0.25) is 0 Å². The molecule has 0 aliphatic carbocycles. The monoisotopic (exact) mass is 421 g/mol. The van der Waals surface area contributed by atoms with Gasteiger partial charge in [0, 0.05) is 27.2 Å². The minimum Gasteiger partial charge on any atom is -0.397 e. The van der Waals surface area contributed by atoms with Crippen LogP contribution in [-0.4, -0.2) is 16.7 Å². The number of amides is 1. The van der Waals surface area contributed by atoms with Gasteiger partial charge in [-0.15, -0.1) is 11.3 Å². The first-order chi connectivity index (χ1) is 13.9. The molecule has 4 aromatic rings. The van der Waals surface area contributed by atoms with E-state index < -0.39 is 0 Å². The van der Waals surface area contributed by atoms with E-state index in [1.807, 2.05) is 18.2 Å². The van der Waals surface area contributed by atoms with Gasteiger partial charge in [0.1, 0.15) is 9.71 Å². The highest BCUT2D eigenvalue weighted by atomic mass is 35.5. The molecule has 0 radical (unpaired) electrons. The van der Waals surface area contributed by atoms with Gasteiger partial charge in [-0.2, -0.15) is 0 Å². The fraction of sp³-hybridized carbons (Fsp3) is 0.0455. The molecule has 0 fully saturated rings. The number of nitrogens with one attached hydrogen (secondary N) is 1. The Kier molecular flexibility index (Phi) is 5.05. The average molecular weight is 422 g/mol. The molecule has 0 unspecified atom stereocenters. The number of ketones is 1. The van der Waals surface area contributed by atoms with Crippen molar-refractivity contribution in [1.82, 2.24) is 4.98 Å². The molecule has 144 valence electrons. The topological polar surface area (TPSA) is 85.1 Å². The Hall–Kier alpha value is -3.22. The number of hydrogen-bond acceptors (Lipinski definition) is 5. The molecule has 0 spiro atoms. The Morgan fingerprint density at radius 3 is 2.55 bits per heavy atom. The Bertz CT molecular complexity index is 1250. The minimum atomic E-state index is -0.346. The number of halogens is 1. The van der Waals surface area contributed by atoms with Gasteiger partial charge >= 0.3 is 0 Å². The lowest BCUT2D eigenvalue weighted by Gasteiger charge is -2.05. The number of pyridine rings is 1. The molecule has 1 amide bonds. The number of anilines is 2. The van der Waals surface area contributed by atoms with E-state index in [1.165, 1.54) is 11.3 Å². The van der Waals surface area contributed by atoms with Crippen LogP contribution in [0, 0.1) is 6.92 Å². The molecule has 0 saturated heterocycles. The van der Waals surface area contributed by atoms with Crippen LogP contribution in [0.2, 0.25) is 5.02 Å². The maximum absolute atomic E-state index is 12.9. The van der Waals surface area contributed by atoms with E-state index in [4.69, 9.17) is 17.3 Å². The van der Waals surface area contributed by atoms with Gasteiger partial charge < -0.3 is 11.1 Å². The van der Waals surface area contributed by atoms with E-state index in [0.717, 1.165) is 0 Å². The summed E-state index contributed by atoms with van der Waals surface area (Å²) in [6.07, 6.45) is 0. The quantitative estimate of drug-likeness (QED) is 0.436. The SMILES string of the molecule is Cc1nc2sc(C(=O)Nc3cccc(Cl)c3)c(N)c2cc1C(=O)c1ccccc1. The van der Waals surface area contributed by atoms with Crippen molar-refractivity contribution >= 4 is 56.2 Å². The third kappa shape index (κ3) is 3.72. The number of fused-ring (bicyclic) bond motifs is 1. The molecule has 2 aromatic carbocycles. The van der Waals surface area contributed by atoms with Crippen LogP contribution in [0.1, 0.15) is 31.3 Å². The van der Waals surface area contributed by atoms with Crippen LogP contribution < -0.4 is 11.1 Å². The Morgan fingerprint density at radius 1 is 1.07 bits per heavy atom. The largest absolute Gasteiger partial charge is 0.397 e. The zero-order chi connectivity index (χ0) is 20.5. The van der Waals surface area contributed by atoms with Gasteiger partial charge in [-0.1, -0.05) is 48.0 Å². The van der Waals surface area contributed by atoms with Gasteiger partial charge in [0.15, 0.2) is 5.78 Å². The predicted molar refractivity (Wildman–Crippen MR) is 118 cm³/mol. The summed E-state index contributed by atoms with van der Waals surface area (Å²) in [4.78, 5) is 31.1. The lowest BCUT2D eigenvalue weighted by atomic mass is 10.0. The summed E-state index contributed by atoms with van der Waals surface area (Å²) in [6.45, 7) is 1.78. The average Bonchev–Trinajstić information content (AvgIpc) is 3.03. The van der Waals surface area contributed by atoms with E-state index in [-0.39, 0.29) is 11.7 Å². The van der Waals surface area contributed by atoms with E-state index in [1.54, 1.807) is 49.4 Å². The van der Waals surface area contributed by atoms with E-state index in [2.05, 4.69) is 10.3 Å². The van der Waals surface area contributed by atoms with Gasteiger partial charge in [0.05, 0.1) is 11.4 Å². The number of rotatable bonds is 4. The summed E-state index contributed by atoms with van der Waals surface area (Å²) >= 11 is 7.16. The van der Waals surface area contributed by atoms with E-state index in [0.29, 0.717) is 48.3 Å². The second-order valence-electron chi connectivity index (χ2n) is 6.48.